The summed E-state index contributed by atoms with van der Waals surface area (Å²) in [6.45, 7) is 4.62. The smallest absolute Gasteiger partial charge is 0.0554 e. The Bertz CT molecular complexity index is 364. The van der Waals surface area contributed by atoms with E-state index in [9.17, 15) is 0 Å². The molecule has 1 aromatic heterocycles. The van der Waals surface area contributed by atoms with Gasteiger partial charge < -0.3 is 0 Å². The Morgan fingerprint density at radius 2 is 1.94 bits per heavy atom. The van der Waals surface area contributed by atoms with E-state index in [1.165, 1.54) is 46.3 Å². The van der Waals surface area contributed by atoms with Crippen LogP contribution in [0.25, 0.3) is 0 Å². The normalized spacial score (nSPS) is 22.0. The number of halogens is 2. The topological polar surface area (TPSA) is 0 Å². The van der Waals surface area contributed by atoms with Crippen molar-refractivity contribution in [3.05, 3.63) is 20.3 Å². The van der Waals surface area contributed by atoms with E-state index in [4.69, 9.17) is 0 Å². The summed E-state index contributed by atoms with van der Waals surface area (Å²) < 4.78 is 1.28. The minimum atomic E-state index is 0.443. The fraction of sp³-hybridized carbons (Fsp3) is 0.692. The van der Waals surface area contributed by atoms with Crippen molar-refractivity contribution in [1.29, 1.82) is 0 Å². The first-order valence-electron chi connectivity index (χ1n) is 5.93. The van der Waals surface area contributed by atoms with E-state index >= 15 is 0 Å². The third kappa shape index (κ3) is 2.56. The highest BCUT2D eigenvalue weighted by Gasteiger charge is 2.36. The number of aryl methyl sites for hydroxylation is 1. The summed E-state index contributed by atoms with van der Waals surface area (Å²) in [6, 6.07) is 2.24. The molecule has 0 bridgehead atoms. The third-order valence-corrected chi connectivity index (χ3v) is 7.57. The largest absolute Gasteiger partial charge is 0.143 e. The maximum Gasteiger partial charge on any atom is 0.0554 e. The Kier molecular flexibility index (Phi) is 4.19. The molecule has 0 spiro atoms. The number of hydrogen-bond donors (Lipinski definition) is 0. The zero-order valence-electron chi connectivity index (χ0n) is 9.85. The van der Waals surface area contributed by atoms with Crippen molar-refractivity contribution in [2.45, 2.75) is 50.8 Å². The fourth-order valence-electron chi connectivity index (χ4n) is 2.60. The zero-order valence-corrected chi connectivity index (χ0v) is 13.8. The lowest BCUT2D eigenvalue weighted by molar-refractivity contribution is 0.214. The molecule has 90 valence electrons. The summed E-state index contributed by atoms with van der Waals surface area (Å²) in [6.07, 6.45) is 6.90. The van der Waals surface area contributed by atoms with Crippen LogP contribution in [-0.2, 0) is 0 Å². The van der Waals surface area contributed by atoms with Gasteiger partial charge in [-0.2, -0.15) is 0 Å². The molecule has 1 aliphatic carbocycles. The van der Waals surface area contributed by atoms with Crippen LogP contribution < -0.4 is 0 Å². The molecule has 0 radical (unpaired) electrons. The van der Waals surface area contributed by atoms with Gasteiger partial charge in [0.05, 0.1) is 4.83 Å². The highest BCUT2D eigenvalue weighted by molar-refractivity contribution is 9.11. The quantitative estimate of drug-likeness (QED) is 0.545. The standard InChI is InChI=1S/C13H18Br2S/c1-9-8-10(14)11(16-9)12(15)13(2)6-4-3-5-7-13/h8,12H,3-7H2,1-2H3. The maximum atomic E-state index is 3.95. The van der Waals surface area contributed by atoms with E-state index in [0.717, 1.165) is 0 Å². The highest BCUT2D eigenvalue weighted by atomic mass is 79.9. The van der Waals surface area contributed by atoms with Crippen molar-refractivity contribution >= 4 is 43.2 Å². The molecule has 0 aliphatic heterocycles. The van der Waals surface area contributed by atoms with Crippen molar-refractivity contribution in [3.63, 3.8) is 0 Å². The fourth-order valence-corrected chi connectivity index (χ4v) is 5.93. The SMILES string of the molecule is Cc1cc(Br)c(C(Br)C2(C)CCCCC2)s1. The molecule has 16 heavy (non-hydrogen) atoms. The molecule has 1 heterocycles. The van der Waals surface area contributed by atoms with Gasteiger partial charge in [0.1, 0.15) is 0 Å². The Hall–Kier alpha value is 0.660. The number of alkyl halides is 1. The first-order valence-corrected chi connectivity index (χ1v) is 8.45. The molecule has 1 atom stereocenters. The van der Waals surface area contributed by atoms with Crippen LogP contribution in [0.4, 0.5) is 0 Å². The molecule has 1 aromatic rings. The lowest BCUT2D eigenvalue weighted by Gasteiger charge is -2.37. The summed E-state index contributed by atoms with van der Waals surface area (Å²) in [7, 11) is 0. The Morgan fingerprint density at radius 3 is 2.44 bits per heavy atom. The molecule has 1 unspecified atom stereocenters. The number of rotatable bonds is 2. The highest BCUT2D eigenvalue weighted by Crippen LogP contribution is 2.53. The van der Waals surface area contributed by atoms with Gasteiger partial charge in [-0.1, -0.05) is 42.1 Å². The van der Waals surface area contributed by atoms with Crippen LogP contribution in [0.3, 0.4) is 0 Å². The van der Waals surface area contributed by atoms with Crippen LogP contribution in [0.1, 0.15) is 53.6 Å². The van der Waals surface area contributed by atoms with Gasteiger partial charge in [0, 0.05) is 14.2 Å². The summed E-state index contributed by atoms with van der Waals surface area (Å²) >= 11 is 9.56. The molecule has 0 nitrogen and oxygen atoms in total. The van der Waals surface area contributed by atoms with Crippen LogP contribution >= 0.6 is 43.2 Å². The van der Waals surface area contributed by atoms with Crippen molar-refractivity contribution in [3.8, 4) is 0 Å². The number of hydrogen-bond acceptors (Lipinski definition) is 1. The average Bonchev–Trinajstić information content (AvgIpc) is 2.58. The predicted molar refractivity (Wildman–Crippen MR) is 79.6 cm³/mol. The lowest BCUT2D eigenvalue weighted by Crippen LogP contribution is -2.24. The lowest BCUT2D eigenvalue weighted by atomic mass is 9.73. The predicted octanol–water partition coefficient (Wildman–Crippen LogP) is 6.23. The molecule has 0 aromatic carbocycles. The molecule has 2 rings (SSSR count). The molecular weight excluding hydrogens is 348 g/mol. The average molecular weight is 366 g/mol. The minimum Gasteiger partial charge on any atom is -0.143 e. The second-order valence-electron chi connectivity index (χ2n) is 5.15. The Labute approximate surface area is 119 Å². The van der Waals surface area contributed by atoms with Gasteiger partial charge in [-0.15, -0.1) is 11.3 Å². The van der Waals surface area contributed by atoms with Gasteiger partial charge in [0.2, 0.25) is 0 Å². The molecule has 0 amide bonds. The monoisotopic (exact) mass is 364 g/mol. The minimum absolute atomic E-state index is 0.443. The van der Waals surface area contributed by atoms with Crippen LogP contribution in [0, 0.1) is 12.3 Å². The second-order valence-corrected chi connectivity index (χ2v) is 8.20. The molecule has 0 saturated heterocycles. The van der Waals surface area contributed by atoms with Crippen LogP contribution in [0.15, 0.2) is 10.5 Å². The molecule has 3 heteroatoms. The van der Waals surface area contributed by atoms with Crippen molar-refractivity contribution in [1.82, 2.24) is 0 Å². The summed E-state index contributed by atoms with van der Waals surface area (Å²) in [5.41, 5.74) is 0.443. The molecule has 0 N–H and O–H groups in total. The molecule has 1 aliphatic rings. The van der Waals surface area contributed by atoms with Gasteiger partial charge in [-0.05, 0) is 47.2 Å². The van der Waals surface area contributed by atoms with Gasteiger partial charge in [-0.3, -0.25) is 0 Å². The summed E-state index contributed by atoms with van der Waals surface area (Å²) in [5, 5.41) is 0. The molecule has 1 saturated carbocycles. The van der Waals surface area contributed by atoms with E-state index in [-0.39, 0.29) is 0 Å². The van der Waals surface area contributed by atoms with Crippen molar-refractivity contribution < 1.29 is 0 Å². The van der Waals surface area contributed by atoms with Crippen molar-refractivity contribution in [2.24, 2.45) is 5.41 Å². The van der Waals surface area contributed by atoms with E-state index in [1.54, 1.807) is 0 Å². The van der Waals surface area contributed by atoms with E-state index in [1.807, 2.05) is 11.3 Å². The second kappa shape index (κ2) is 5.11. The van der Waals surface area contributed by atoms with Gasteiger partial charge in [-0.25, -0.2) is 0 Å². The van der Waals surface area contributed by atoms with Gasteiger partial charge >= 0.3 is 0 Å². The summed E-state index contributed by atoms with van der Waals surface area (Å²) in [5.74, 6) is 0. The Morgan fingerprint density at radius 1 is 1.31 bits per heavy atom. The maximum absolute atomic E-state index is 3.95. The van der Waals surface area contributed by atoms with Gasteiger partial charge in [0.15, 0.2) is 0 Å². The van der Waals surface area contributed by atoms with E-state index in [0.29, 0.717) is 10.2 Å². The van der Waals surface area contributed by atoms with Gasteiger partial charge in [0.25, 0.3) is 0 Å². The Balaban J connectivity index is 2.23. The first-order chi connectivity index (χ1) is 7.53. The van der Waals surface area contributed by atoms with Crippen molar-refractivity contribution in [2.75, 3.05) is 0 Å². The van der Waals surface area contributed by atoms with E-state index in [2.05, 4.69) is 51.8 Å². The molecule has 1 fully saturated rings. The number of thiophene rings is 1. The summed E-state index contributed by atoms with van der Waals surface area (Å²) in [4.78, 5) is 3.38. The third-order valence-electron chi connectivity index (χ3n) is 3.67. The zero-order chi connectivity index (χ0) is 11.8. The van der Waals surface area contributed by atoms with Crippen LogP contribution in [0.5, 0.6) is 0 Å². The first kappa shape index (κ1) is 13.1. The van der Waals surface area contributed by atoms with Crippen LogP contribution in [-0.4, -0.2) is 0 Å². The molecular formula is C13H18Br2S. The van der Waals surface area contributed by atoms with E-state index < -0.39 is 0 Å². The van der Waals surface area contributed by atoms with Crippen LogP contribution in [0.2, 0.25) is 0 Å².